The van der Waals surface area contributed by atoms with Crippen molar-refractivity contribution < 1.29 is 13.7 Å². The molecule has 2 atom stereocenters. The molecular weight excluding hydrogens is 418 g/mol. The van der Waals surface area contributed by atoms with Gasteiger partial charge in [0, 0.05) is 12.8 Å². The second kappa shape index (κ2) is 7.75. The highest BCUT2D eigenvalue weighted by molar-refractivity contribution is 7.93. The predicted molar refractivity (Wildman–Crippen MR) is 120 cm³/mol. The van der Waals surface area contributed by atoms with E-state index in [1.54, 1.807) is 7.11 Å². The summed E-state index contributed by atoms with van der Waals surface area (Å²) in [5.41, 5.74) is 8.11. The van der Waals surface area contributed by atoms with Gasteiger partial charge < -0.3 is 10.1 Å². The normalized spacial score (nSPS) is 21.5. The molecule has 30 heavy (non-hydrogen) atoms. The number of aryl methyl sites for hydroxylation is 2. The van der Waals surface area contributed by atoms with Gasteiger partial charge in [0.05, 0.1) is 6.10 Å². The fraction of sp³-hybridized carbons (Fsp3) is 0.500. The fourth-order valence-electron chi connectivity index (χ4n) is 5.19. The van der Waals surface area contributed by atoms with Crippen LogP contribution < -0.4 is 10.5 Å². The van der Waals surface area contributed by atoms with Crippen molar-refractivity contribution in [2.24, 2.45) is 9.50 Å². The monoisotopic (exact) mass is 445 g/mol. The lowest BCUT2D eigenvalue weighted by Crippen LogP contribution is -2.23. The summed E-state index contributed by atoms with van der Waals surface area (Å²) in [6.45, 7) is 0. The summed E-state index contributed by atoms with van der Waals surface area (Å²) in [5, 5.41) is 11.1. The molecule has 1 unspecified atom stereocenters. The fourth-order valence-corrected chi connectivity index (χ4v) is 7.82. The maximum absolute atomic E-state index is 13.3. The minimum Gasteiger partial charge on any atom is -0.381 e. The Labute approximate surface area is 181 Å². The van der Waals surface area contributed by atoms with Crippen LogP contribution in [0.5, 0.6) is 0 Å². The standard InChI is InChI=1S/C22H27N3O3S2/c1-28-16-8-9-19-15(11-16)12-29-21(19)30(23,27)25-22(26)24-20-17-6-2-4-13(17)10-14-5-3-7-18(14)20/h10,12,16H,2-9,11H2,1H3,(H3,23,24,25,26,27)/t16-,30?/m0/s1. The van der Waals surface area contributed by atoms with Crippen LogP contribution >= 0.6 is 11.3 Å². The molecule has 3 aliphatic rings. The number of anilines is 1. The molecule has 0 bridgehead atoms. The van der Waals surface area contributed by atoms with Crippen LogP contribution in [0.4, 0.5) is 10.5 Å². The number of carbonyl (C=O) groups is 1. The SMILES string of the molecule is CO[C@H]1CCc2c(csc2S(N)(=O)=NC(=O)Nc2c3c(cc4c2CCC4)CCC3)C1. The number of ether oxygens (including phenoxy) is 1. The van der Waals surface area contributed by atoms with Crippen LogP contribution in [0.25, 0.3) is 0 Å². The van der Waals surface area contributed by atoms with Crippen LogP contribution in [-0.2, 0) is 53.2 Å². The molecule has 1 aromatic carbocycles. The molecule has 160 valence electrons. The van der Waals surface area contributed by atoms with E-state index in [9.17, 15) is 9.00 Å². The number of hydrogen-bond donors (Lipinski definition) is 2. The van der Waals surface area contributed by atoms with Crippen molar-refractivity contribution >= 4 is 33.0 Å². The van der Waals surface area contributed by atoms with Crippen molar-refractivity contribution in [2.75, 3.05) is 12.4 Å². The zero-order valence-electron chi connectivity index (χ0n) is 17.2. The first kappa shape index (κ1) is 20.2. The average Bonchev–Trinajstić information content (AvgIpc) is 3.45. The Kier molecular flexibility index (Phi) is 5.21. The van der Waals surface area contributed by atoms with Gasteiger partial charge in [-0.2, -0.15) is 0 Å². The molecule has 0 saturated carbocycles. The minimum atomic E-state index is -3.29. The number of thiophene rings is 1. The van der Waals surface area contributed by atoms with E-state index >= 15 is 0 Å². The number of nitrogens with two attached hydrogens (primary N) is 1. The number of rotatable bonds is 3. The third-order valence-corrected chi connectivity index (χ3v) is 9.71. The van der Waals surface area contributed by atoms with E-state index in [1.165, 1.54) is 33.6 Å². The first-order valence-electron chi connectivity index (χ1n) is 10.6. The maximum atomic E-state index is 13.3. The molecule has 2 aromatic rings. The predicted octanol–water partition coefficient (Wildman–Crippen LogP) is 4.16. The third-order valence-electron chi connectivity index (χ3n) is 6.63. The van der Waals surface area contributed by atoms with Crippen molar-refractivity contribution in [2.45, 2.75) is 68.1 Å². The van der Waals surface area contributed by atoms with E-state index in [-0.39, 0.29) is 6.10 Å². The smallest absolute Gasteiger partial charge is 0.354 e. The second-order valence-electron chi connectivity index (χ2n) is 8.45. The number of benzene rings is 1. The highest BCUT2D eigenvalue weighted by atomic mass is 32.2. The van der Waals surface area contributed by atoms with Crippen LogP contribution in [0.15, 0.2) is 20.0 Å². The van der Waals surface area contributed by atoms with Crippen LogP contribution in [0.2, 0.25) is 0 Å². The highest BCUT2D eigenvalue weighted by Crippen LogP contribution is 2.39. The number of urea groups is 1. The lowest BCUT2D eigenvalue weighted by molar-refractivity contribution is 0.0910. The zero-order valence-corrected chi connectivity index (χ0v) is 18.8. The Bertz CT molecular complexity index is 1110. The summed E-state index contributed by atoms with van der Waals surface area (Å²) in [5.74, 6) is 0. The third kappa shape index (κ3) is 3.49. The number of fused-ring (bicyclic) bond motifs is 3. The van der Waals surface area contributed by atoms with Crippen LogP contribution in [0.3, 0.4) is 0 Å². The van der Waals surface area contributed by atoms with Gasteiger partial charge >= 0.3 is 6.03 Å². The lowest BCUT2D eigenvalue weighted by atomic mass is 9.93. The molecule has 6 nitrogen and oxygen atoms in total. The van der Waals surface area contributed by atoms with Crippen molar-refractivity contribution in [1.82, 2.24) is 0 Å². The molecular formula is C22H27N3O3S2. The Hall–Kier alpha value is -1.74. The van der Waals surface area contributed by atoms with Crippen molar-refractivity contribution in [1.29, 1.82) is 0 Å². The average molecular weight is 446 g/mol. The van der Waals surface area contributed by atoms with E-state index in [1.807, 2.05) is 5.38 Å². The number of amides is 2. The van der Waals surface area contributed by atoms with E-state index in [0.29, 0.717) is 4.21 Å². The molecule has 0 saturated heterocycles. The first-order valence-corrected chi connectivity index (χ1v) is 13.1. The molecule has 0 aliphatic heterocycles. The number of hydrogen-bond acceptors (Lipinski definition) is 4. The van der Waals surface area contributed by atoms with Crippen molar-refractivity contribution in [3.8, 4) is 0 Å². The summed E-state index contributed by atoms with van der Waals surface area (Å²) in [6, 6.07) is 1.71. The van der Waals surface area contributed by atoms with E-state index < -0.39 is 15.9 Å². The molecule has 1 heterocycles. The van der Waals surface area contributed by atoms with Gasteiger partial charge in [0.1, 0.15) is 4.21 Å². The van der Waals surface area contributed by atoms with Crippen LogP contribution in [0.1, 0.15) is 52.6 Å². The molecule has 5 rings (SSSR count). The number of nitrogens with one attached hydrogen (secondary N) is 1. The van der Waals surface area contributed by atoms with Gasteiger partial charge in [0.2, 0.25) is 0 Å². The van der Waals surface area contributed by atoms with E-state index in [2.05, 4.69) is 15.7 Å². The summed E-state index contributed by atoms with van der Waals surface area (Å²) in [6.07, 6.45) is 8.83. The van der Waals surface area contributed by atoms with Crippen LogP contribution in [-0.4, -0.2) is 23.5 Å². The summed E-state index contributed by atoms with van der Waals surface area (Å²) < 4.78 is 23.2. The molecule has 0 radical (unpaired) electrons. The van der Waals surface area contributed by atoms with Gasteiger partial charge in [-0.3, -0.25) is 0 Å². The molecule has 0 spiro atoms. The Morgan fingerprint density at radius 3 is 2.50 bits per heavy atom. The lowest BCUT2D eigenvalue weighted by Gasteiger charge is -2.21. The quantitative estimate of drug-likeness (QED) is 0.743. The van der Waals surface area contributed by atoms with Gasteiger partial charge in [-0.1, -0.05) is 6.07 Å². The zero-order chi connectivity index (χ0) is 20.9. The second-order valence-corrected chi connectivity index (χ2v) is 11.3. The molecule has 2 amide bonds. The maximum Gasteiger partial charge on any atom is 0.354 e. The van der Waals surface area contributed by atoms with Crippen LogP contribution in [0, 0.1) is 0 Å². The first-order chi connectivity index (χ1) is 14.5. The van der Waals surface area contributed by atoms with Gasteiger partial charge in [-0.15, -0.1) is 15.7 Å². The van der Waals surface area contributed by atoms with Gasteiger partial charge in [-0.05, 0) is 96.5 Å². The topological polar surface area (TPSA) is 93.8 Å². The Balaban J connectivity index is 1.45. The summed E-state index contributed by atoms with van der Waals surface area (Å²) in [4.78, 5) is 12.8. The Morgan fingerprint density at radius 1 is 1.13 bits per heavy atom. The van der Waals surface area contributed by atoms with Crippen molar-refractivity contribution in [3.63, 3.8) is 0 Å². The highest BCUT2D eigenvalue weighted by Gasteiger charge is 2.28. The number of methoxy groups -OCH3 is 1. The summed E-state index contributed by atoms with van der Waals surface area (Å²) >= 11 is 1.34. The van der Waals surface area contributed by atoms with E-state index in [0.717, 1.165) is 74.6 Å². The largest absolute Gasteiger partial charge is 0.381 e. The molecule has 1 aromatic heterocycles. The van der Waals surface area contributed by atoms with E-state index in [4.69, 9.17) is 9.88 Å². The van der Waals surface area contributed by atoms with Gasteiger partial charge in [0.15, 0.2) is 9.92 Å². The number of carbonyl (C=O) groups excluding carboxylic acids is 1. The van der Waals surface area contributed by atoms with Gasteiger partial charge in [-0.25, -0.2) is 14.1 Å². The minimum absolute atomic E-state index is 0.177. The van der Waals surface area contributed by atoms with Crippen molar-refractivity contribution in [3.05, 3.63) is 44.8 Å². The van der Waals surface area contributed by atoms with Gasteiger partial charge in [0.25, 0.3) is 0 Å². The molecule has 8 heteroatoms. The number of nitrogens with zero attached hydrogens (tertiary/aromatic N) is 1. The molecule has 0 fully saturated rings. The Morgan fingerprint density at radius 2 is 1.83 bits per heavy atom. The molecule has 3 aliphatic carbocycles. The summed E-state index contributed by atoms with van der Waals surface area (Å²) in [7, 11) is -1.58. The molecule has 3 N–H and O–H groups in total.